The molecule has 1 N–H and O–H groups in total. The fourth-order valence-electron chi connectivity index (χ4n) is 1.50. The van der Waals surface area contributed by atoms with Crippen molar-refractivity contribution >= 4 is 21.9 Å². The molecule has 0 aliphatic carbocycles. The van der Waals surface area contributed by atoms with Gasteiger partial charge in [0, 0.05) is 30.0 Å². The van der Waals surface area contributed by atoms with Crippen LogP contribution in [-0.2, 0) is 0 Å². The second-order valence-electron chi connectivity index (χ2n) is 3.22. The summed E-state index contributed by atoms with van der Waals surface area (Å²) in [6.07, 6.45) is 3.65. The van der Waals surface area contributed by atoms with Gasteiger partial charge in [-0.3, -0.25) is 4.57 Å². The number of nitrogens with one attached hydrogen (secondary N) is 1. The number of nitrogens with zero attached hydrogens (tertiary/aromatic N) is 2. The minimum atomic E-state index is 0.792. The monoisotopic (exact) mass is 281 g/mol. The van der Waals surface area contributed by atoms with E-state index in [0.29, 0.717) is 0 Å². The summed E-state index contributed by atoms with van der Waals surface area (Å²) >= 11 is 3.45. The first kappa shape index (κ1) is 11.0. The van der Waals surface area contributed by atoms with Gasteiger partial charge in [0.1, 0.15) is 5.75 Å². The zero-order valence-corrected chi connectivity index (χ0v) is 10.7. The number of halogens is 1. The molecule has 2 rings (SSSR count). The van der Waals surface area contributed by atoms with Crippen LogP contribution in [0.5, 0.6) is 5.75 Å². The average molecular weight is 282 g/mol. The molecule has 0 radical (unpaired) electrons. The van der Waals surface area contributed by atoms with E-state index in [1.165, 1.54) is 0 Å². The number of hydrogen-bond donors (Lipinski definition) is 1. The minimum absolute atomic E-state index is 0.792. The highest BCUT2D eigenvalue weighted by molar-refractivity contribution is 9.10. The van der Waals surface area contributed by atoms with E-state index >= 15 is 0 Å². The van der Waals surface area contributed by atoms with Crippen LogP contribution < -0.4 is 10.1 Å². The number of aromatic nitrogens is 2. The van der Waals surface area contributed by atoms with Gasteiger partial charge in [0.25, 0.3) is 0 Å². The minimum Gasteiger partial charge on any atom is -0.497 e. The normalized spacial score (nSPS) is 10.2. The fourth-order valence-corrected chi connectivity index (χ4v) is 1.96. The van der Waals surface area contributed by atoms with Crippen molar-refractivity contribution in [3.05, 3.63) is 35.1 Å². The number of rotatable bonds is 3. The van der Waals surface area contributed by atoms with Crippen LogP contribution >= 0.6 is 15.9 Å². The molecule has 1 aromatic heterocycles. The van der Waals surface area contributed by atoms with Gasteiger partial charge in [0.05, 0.1) is 12.8 Å². The predicted octanol–water partition coefficient (Wildman–Crippen LogP) is 2.69. The number of imidazole rings is 1. The molecule has 5 heteroatoms. The molecule has 1 heterocycles. The molecular weight excluding hydrogens is 270 g/mol. The summed E-state index contributed by atoms with van der Waals surface area (Å²) in [5.41, 5.74) is 0.994. The molecule has 0 bridgehead atoms. The van der Waals surface area contributed by atoms with E-state index in [1.54, 1.807) is 13.3 Å². The average Bonchev–Trinajstić information content (AvgIpc) is 2.76. The Bertz CT molecular complexity index is 496. The standard InChI is InChI=1S/C11H12BrN3O/c1-13-11-14-3-4-15(11)9-5-8(12)6-10(7-9)16-2/h3-7H,1-2H3,(H,13,14). The summed E-state index contributed by atoms with van der Waals surface area (Å²) in [7, 11) is 3.49. The lowest BCUT2D eigenvalue weighted by Crippen LogP contribution is -2.00. The number of hydrogen-bond acceptors (Lipinski definition) is 3. The Morgan fingerprint density at radius 1 is 1.38 bits per heavy atom. The summed E-state index contributed by atoms with van der Waals surface area (Å²) in [4.78, 5) is 4.19. The van der Waals surface area contributed by atoms with Crippen molar-refractivity contribution in [2.24, 2.45) is 0 Å². The van der Waals surface area contributed by atoms with Crippen LogP contribution in [0.2, 0.25) is 0 Å². The summed E-state index contributed by atoms with van der Waals surface area (Å²) in [6.45, 7) is 0. The summed E-state index contributed by atoms with van der Waals surface area (Å²) in [6, 6.07) is 5.87. The van der Waals surface area contributed by atoms with Gasteiger partial charge in [-0.1, -0.05) is 15.9 Å². The lowest BCUT2D eigenvalue weighted by Gasteiger charge is -2.09. The maximum absolute atomic E-state index is 5.22. The molecule has 2 aromatic rings. The van der Waals surface area contributed by atoms with Gasteiger partial charge >= 0.3 is 0 Å². The SMILES string of the molecule is CNc1nccn1-c1cc(Br)cc(OC)c1. The van der Waals surface area contributed by atoms with Crippen molar-refractivity contribution in [3.63, 3.8) is 0 Å². The zero-order valence-electron chi connectivity index (χ0n) is 9.07. The third-order valence-electron chi connectivity index (χ3n) is 2.23. The number of benzene rings is 1. The molecule has 0 saturated carbocycles. The molecule has 0 atom stereocenters. The highest BCUT2D eigenvalue weighted by Gasteiger charge is 2.05. The maximum Gasteiger partial charge on any atom is 0.207 e. The molecular formula is C11H12BrN3O. The van der Waals surface area contributed by atoms with Crippen molar-refractivity contribution in [2.75, 3.05) is 19.5 Å². The van der Waals surface area contributed by atoms with Gasteiger partial charge < -0.3 is 10.1 Å². The van der Waals surface area contributed by atoms with Crippen molar-refractivity contribution < 1.29 is 4.74 Å². The zero-order chi connectivity index (χ0) is 11.5. The number of ether oxygens (including phenoxy) is 1. The van der Waals surface area contributed by atoms with Gasteiger partial charge in [-0.15, -0.1) is 0 Å². The van der Waals surface area contributed by atoms with E-state index in [1.807, 2.05) is 36.0 Å². The Labute approximate surface area is 102 Å². The Hall–Kier alpha value is -1.49. The Morgan fingerprint density at radius 3 is 2.88 bits per heavy atom. The van der Waals surface area contributed by atoms with E-state index in [0.717, 1.165) is 21.9 Å². The Kier molecular flexibility index (Phi) is 3.14. The maximum atomic E-state index is 5.22. The summed E-state index contributed by atoms with van der Waals surface area (Å²) in [5, 5.41) is 3.03. The largest absolute Gasteiger partial charge is 0.497 e. The first-order valence-corrected chi connectivity index (χ1v) is 5.60. The van der Waals surface area contributed by atoms with Gasteiger partial charge in [-0.2, -0.15) is 0 Å². The van der Waals surface area contributed by atoms with Crippen LogP contribution in [0, 0.1) is 0 Å². The van der Waals surface area contributed by atoms with Gasteiger partial charge in [-0.05, 0) is 12.1 Å². The molecule has 0 saturated heterocycles. The smallest absolute Gasteiger partial charge is 0.207 e. The van der Waals surface area contributed by atoms with Gasteiger partial charge in [-0.25, -0.2) is 4.98 Å². The Morgan fingerprint density at radius 2 is 2.19 bits per heavy atom. The van der Waals surface area contributed by atoms with Crippen LogP contribution in [-0.4, -0.2) is 23.7 Å². The van der Waals surface area contributed by atoms with Crippen molar-refractivity contribution in [1.82, 2.24) is 9.55 Å². The van der Waals surface area contributed by atoms with Crippen molar-refractivity contribution in [3.8, 4) is 11.4 Å². The van der Waals surface area contributed by atoms with E-state index in [4.69, 9.17) is 4.74 Å². The van der Waals surface area contributed by atoms with E-state index in [2.05, 4.69) is 26.2 Å². The molecule has 0 aliphatic rings. The van der Waals surface area contributed by atoms with E-state index < -0.39 is 0 Å². The Balaban J connectivity index is 2.51. The lowest BCUT2D eigenvalue weighted by molar-refractivity contribution is 0.414. The van der Waals surface area contributed by atoms with Crippen LogP contribution in [0.4, 0.5) is 5.95 Å². The highest BCUT2D eigenvalue weighted by Crippen LogP contribution is 2.25. The van der Waals surface area contributed by atoms with Crippen LogP contribution in [0.25, 0.3) is 5.69 Å². The first-order valence-electron chi connectivity index (χ1n) is 4.80. The molecule has 0 fully saturated rings. The third-order valence-corrected chi connectivity index (χ3v) is 2.69. The lowest BCUT2D eigenvalue weighted by atomic mass is 10.3. The number of anilines is 1. The predicted molar refractivity (Wildman–Crippen MR) is 67.4 cm³/mol. The molecule has 4 nitrogen and oxygen atoms in total. The molecule has 0 amide bonds. The van der Waals surface area contributed by atoms with Gasteiger partial charge in [0.2, 0.25) is 5.95 Å². The summed E-state index contributed by atoms with van der Waals surface area (Å²) < 4.78 is 8.14. The summed E-state index contributed by atoms with van der Waals surface area (Å²) in [5.74, 6) is 1.60. The van der Waals surface area contributed by atoms with Crippen LogP contribution in [0.3, 0.4) is 0 Å². The van der Waals surface area contributed by atoms with Gasteiger partial charge in [0.15, 0.2) is 0 Å². The van der Waals surface area contributed by atoms with Crippen LogP contribution in [0.15, 0.2) is 35.1 Å². The van der Waals surface area contributed by atoms with E-state index in [-0.39, 0.29) is 0 Å². The first-order chi connectivity index (χ1) is 7.74. The van der Waals surface area contributed by atoms with Crippen LogP contribution in [0.1, 0.15) is 0 Å². The molecule has 16 heavy (non-hydrogen) atoms. The molecule has 1 aromatic carbocycles. The molecule has 0 aliphatic heterocycles. The molecule has 0 unspecified atom stereocenters. The van der Waals surface area contributed by atoms with Crippen molar-refractivity contribution in [2.45, 2.75) is 0 Å². The second-order valence-corrected chi connectivity index (χ2v) is 4.14. The highest BCUT2D eigenvalue weighted by atomic mass is 79.9. The number of methoxy groups -OCH3 is 1. The molecule has 0 spiro atoms. The van der Waals surface area contributed by atoms with E-state index in [9.17, 15) is 0 Å². The molecule has 84 valence electrons. The topological polar surface area (TPSA) is 39.1 Å². The second kappa shape index (κ2) is 4.57. The quantitative estimate of drug-likeness (QED) is 0.940. The van der Waals surface area contributed by atoms with Crippen molar-refractivity contribution in [1.29, 1.82) is 0 Å². The third kappa shape index (κ3) is 2.04. The fraction of sp³-hybridized carbons (Fsp3) is 0.182.